The maximum absolute atomic E-state index is 12.1. The van der Waals surface area contributed by atoms with Gasteiger partial charge in [0.05, 0.1) is 0 Å². The van der Waals surface area contributed by atoms with Crippen LogP contribution in [0, 0.1) is 4.77 Å². The third-order valence-corrected chi connectivity index (χ3v) is 4.76. The number of aromatic nitrogens is 2. The fourth-order valence-corrected chi connectivity index (χ4v) is 2.76. The number of hydrogen-bond donors (Lipinski definition) is 0. The van der Waals surface area contributed by atoms with Gasteiger partial charge < -0.3 is 13.6 Å². The van der Waals surface area contributed by atoms with Gasteiger partial charge in [-0.3, -0.25) is 13.9 Å². The van der Waals surface area contributed by atoms with Gasteiger partial charge in [-0.05, 0) is 12.2 Å². The Morgan fingerprint density at radius 1 is 1.25 bits per heavy atom. The SMILES string of the molecule is COP(=O)(OC)c1cc(=O)n(C)c(=S)n1C. The predicted octanol–water partition coefficient (Wildman–Crippen LogP) is 0.564. The highest BCUT2D eigenvalue weighted by Crippen LogP contribution is 2.44. The Bertz CT molecular complexity index is 554. The van der Waals surface area contributed by atoms with Crippen molar-refractivity contribution in [2.24, 2.45) is 14.1 Å². The van der Waals surface area contributed by atoms with Crippen molar-refractivity contribution in [2.75, 3.05) is 14.2 Å². The van der Waals surface area contributed by atoms with Crippen LogP contribution >= 0.6 is 19.8 Å². The van der Waals surface area contributed by atoms with Gasteiger partial charge in [0, 0.05) is 34.4 Å². The molecule has 0 N–H and O–H groups in total. The van der Waals surface area contributed by atoms with Crippen LogP contribution in [0.15, 0.2) is 10.9 Å². The molecule has 0 aromatic carbocycles. The van der Waals surface area contributed by atoms with Crippen LogP contribution in [-0.4, -0.2) is 23.4 Å². The van der Waals surface area contributed by atoms with Crippen molar-refractivity contribution in [3.05, 3.63) is 21.2 Å². The third kappa shape index (κ3) is 2.04. The van der Waals surface area contributed by atoms with Crippen LogP contribution in [0.25, 0.3) is 0 Å². The molecule has 0 unspecified atom stereocenters. The molecular weight excluding hydrogens is 251 g/mol. The molecule has 1 rings (SSSR count). The topological polar surface area (TPSA) is 62.5 Å². The van der Waals surface area contributed by atoms with Gasteiger partial charge in [0.25, 0.3) is 5.56 Å². The van der Waals surface area contributed by atoms with Crippen molar-refractivity contribution in [3.63, 3.8) is 0 Å². The summed E-state index contributed by atoms with van der Waals surface area (Å²) in [7, 11) is 2.19. The molecule has 1 heterocycles. The summed E-state index contributed by atoms with van der Waals surface area (Å²) in [6.07, 6.45) is 0. The smallest absolute Gasteiger partial charge is 0.315 e. The largest absolute Gasteiger partial charge is 0.377 e. The fraction of sp³-hybridized carbons (Fsp3) is 0.500. The summed E-state index contributed by atoms with van der Waals surface area (Å²) in [5.41, 5.74) is -0.210. The Morgan fingerprint density at radius 2 is 1.75 bits per heavy atom. The average Bonchev–Trinajstić information content (AvgIpc) is 2.30. The molecule has 0 aliphatic heterocycles. The fourth-order valence-electron chi connectivity index (χ4n) is 1.25. The standard InChI is InChI=1S/C8H13N2O4PS/c1-9-6(11)5-7(10(2)8(9)16)15(12,13-3)14-4/h5H,1-4H3. The molecule has 16 heavy (non-hydrogen) atoms. The van der Waals surface area contributed by atoms with Gasteiger partial charge in [-0.1, -0.05) is 0 Å². The zero-order valence-electron chi connectivity index (χ0n) is 9.46. The zero-order valence-corrected chi connectivity index (χ0v) is 11.2. The van der Waals surface area contributed by atoms with Crippen molar-refractivity contribution in [2.45, 2.75) is 0 Å². The lowest BCUT2D eigenvalue weighted by atomic mass is 10.6. The van der Waals surface area contributed by atoms with Crippen molar-refractivity contribution < 1.29 is 13.6 Å². The van der Waals surface area contributed by atoms with Crippen LogP contribution < -0.4 is 11.0 Å². The lowest BCUT2D eigenvalue weighted by molar-refractivity contribution is 0.285. The molecule has 6 nitrogen and oxygen atoms in total. The zero-order chi connectivity index (χ0) is 12.5. The molecule has 0 aliphatic carbocycles. The number of nitrogens with zero attached hydrogens (tertiary/aromatic N) is 2. The van der Waals surface area contributed by atoms with E-state index in [1.54, 1.807) is 14.1 Å². The Morgan fingerprint density at radius 3 is 2.19 bits per heavy atom. The molecular formula is C8H13N2O4PS. The Kier molecular flexibility index (Phi) is 3.85. The maximum Gasteiger partial charge on any atom is 0.377 e. The minimum atomic E-state index is -3.46. The van der Waals surface area contributed by atoms with Gasteiger partial charge >= 0.3 is 7.60 Å². The summed E-state index contributed by atoms with van der Waals surface area (Å²) in [4.78, 5) is 11.5. The molecule has 0 spiro atoms. The quantitative estimate of drug-likeness (QED) is 0.590. The van der Waals surface area contributed by atoms with Crippen molar-refractivity contribution in [3.8, 4) is 0 Å². The summed E-state index contributed by atoms with van der Waals surface area (Å²) >= 11 is 5.03. The van der Waals surface area contributed by atoms with Crippen LogP contribution in [0.4, 0.5) is 0 Å². The molecule has 0 radical (unpaired) electrons. The van der Waals surface area contributed by atoms with Gasteiger partial charge in [0.1, 0.15) is 5.44 Å². The minimum Gasteiger partial charge on any atom is -0.315 e. The summed E-state index contributed by atoms with van der Waals surface area (Å²) in [6, 6.07) is 1.20. The molecule has 0 saturated heterocycles. The van der Waals surface area contributed by atoms with Crippen LogP contribution in [0.3, 0.4) is 0 Å². The molecule has 8 heteroatoms. The van der Waals surface area contributed by atoms with E-state index in [0.29, 0.717) is 0 Å². The Hall–Kier alpha value is -0.750. The summed E-state index contributed by atoms with van der Waals surface area (Å²) < 4.78 is 24.7. The summed E-state index contributed by atoms with van der Waals surface area (Å²) in [6.45, 7) is 0. The van der Waals surface area contributed by atoms with Gasteiger partial charge in [-0.2, -0.15) is 0 Å². The summed E-state index contributed by atoms with van der Waals surface area (Å²) in [5, 5.41) is 0. The number of hydrogen-bond acceptors (Lipinski definition) is 5. The average molecular weight is 264 g/mol. The first-order valence-corrected chi connectivity index (χ1v) is 6.31. The first kappa shape index (κ1) is 13.3. The van der Waals surface area contributed by atoms with Crippen LogP contribution in [0.1, 0.15) is 0 Å². The molecule has 0 amide bonds. The highest BCUT2D eigenvalue weighted by atomic mass is 32.1. The van der Waals surface area contributed by atoms with E-state index in [1.165, 1.54) is 29.4 Å². The molecule has 0 fully saturated rings. The van der Waals surface area contributed by atoms with Crippen molar-refractivity contribution in [1.82, 2.24) is 9.13 Å². The predicted molar refractivity (Wildman–Crippen MR) is 62.7 cm³/mol. The minimum absolute atomic E-state index is 0.144. The molecule has 0 atom stereocenters. The molecule has 90 valence electrons. The van der Waals surface area contributed by atoms with E-state index in [9.17, 15) is 9.36 Å². The second-order valence-corrected chi connectivity index (χ2v) is 5.65. The van der Waals surface area contributed by atoms with E-state index in [2.05, 4.69) is 0 Å². The van der Waals surface area contributed by atoms with Crippen LogP contribution in [-0.2, 0) is 27.7 Å². The third-order valence-electron chi connectivity index (χ3n) is 2.26. The van der Waals surface area contributed by atoms with E-state index >= 15 is 0 Å². The highest BCUT2D eigenvalue weighted by molar-refractivity contribution is 7.71. The molecule has 0 bridgehead atoms. The van der Waals surface area contributed by atoms with Crippen molar-refractivity contribution >= 4 is 25.2 Å². The van der Waals surface area contributed by atoms with Crippen LogP contribution in [0.5, 0.6) is 0 Å². The molecule has 0 aliphatic rings. The number of rotatable bonds is 3. The van der Waals surface area contributed by atoms with Gasteiger partial charge in [0.2, 0.25) is 0 Å². The van der Waals surface area contributed by atoms with Gasteiger partial charge in [-0.25, -0.2) is 0 Å². The first-order valence-electron chi connectivity index (χ1n) is 4.36. The van der Waals surface area contributed by atoms with E-state index in [4.69, 9.17) is 21.3 Å². The van der Waals surface area contributed by atoms with E-state index in [1.807, 2.05) is 0 Å². The van der Waals surface area contributed by atoms with Gasteiger partial charge in [-0.15, -0.1) is 0 Å². The van der Waals surface area contributed by atoms with Gasteiger partial charge in [0.15, 0.2) is 4.77 Å². The lowest BCUT2D eigenvalue weighted by Crippen LogP contribution is -2.31. The normalized spacial score (nSPS) is 11.8. The molecule has 1 aromatic heterocycles. The van der Waals surface area contributed by atoms with E-state index in [0.717, 1.165) is 0 Å². The molecule has 1 aromatic rings. The maximum atomic E-state index is 12.1. The second kappa shape index (κ2) is 4.63. The Labute approximate surface area is 98.0 Å². The second-order valence-electron chi connectivity index (χ2n) is 3.10. The van der Waals surface area contributed by atoms with Crippen LogP contribution in [0.2, 0.25) is 0 Å². The van der Waals surface area contributed by atoms with E-state index in [-0.39, 0.29) is 15.8 Å². The highest BCUT2D eigenvalue weighted by Gasteiger charge is 2.28. The lowest BCUT2D eigenvalue weighted by Gasteiger charge is -2.17. The van der Waals surface area contributed by atoms with E-state index < -0.39 is 7.60 Å². The summed E-state index contributed by atoms with van der Waals surface area (Å²) in [5.74, 6) is 0. The monoisotopic (exact) mass is 264 g/mol. The molecule has 0 saturated carbocycles. The first-order chi connectivity index (χ1) is 7.37. The van der Waals surface area contributed by atoms with Crippen molar-refractivity contribution in [1.29, 1.82) is 0 Å². The Balaban J connectivity index is 3.67.